The summed E-state index contributed by atoms with van der Waals surface area (Å²) in [7, 11) is 2.31. The molecule has 0 spiro atoms. The van der Waals surface area contributed by atoms with E-state index in [1.165, 1.54) is 38.8 Å². The van der Waals surface area contributed by atoms with Crippen molar-refractivity contribution in [3.8, 4) is 0 Å². The Labute approximate surface area is 122 Å². The Morgan fingerprint density at radius 3 is 2.90 bits per heavy atom. The molecule has 0 amide bonds. The molecule has 1 N–H and O–H groups in total. The van der Waals surface area contributed by atoms with Crippen LogP contribution in [0.2, 0.25) is 0 Å². The Hall–Kier alpha value is -0.860. The number of benzene rings is 1. The van der Waals surface area contributed by atoms with E-state index in [-0.39, 0.29) is 0 Å². The number of nitrogens with zero attached hydrogens (tertiary/aromatic N) is 1. The maximum atomic E-state index is 3.90. The van der Waals surface area contributed by atoms with Gasteiger partial charge in [-0.3, -0.25) is 0 Å². The highest BCUT2D eigenvalue weighted by Crippen LogP contribution is 2.48. The van der Waals surface area contributed by atoms with Crippen LogP contribution >= 0.6 is 0 Å². The molecule has 108 valence electrons. The van der Waals surface area contributed by atoms with Gasteiger partial charge in [0.05, 0.1) is 0 Å². The van der Waals surface area contributed by atoms with Crippen LogP contribution in [0.15, 0.2) is 24.3 Å². The van der Waals surface area contributed by atoms with Gasteiger partial charge in [0.1, 0.15) is 0 Å². The van der Waals surface area contributed by atoms with E-state index < -0.39 is 0 Å². The van der Waals surface area contributed by atoms with Crippen molar-refractivity contribution >= 4 is 0 Å². The number of likely N-dealkylation sites (tertiary alicyclic amines) is 1. The molecule has 2 bridgehead atoms. The van der Waals surface area contributed by atoms with Gasteiger partial charge in [-0.05, 0) is 68.3 Å². The van der Waals surface area contributed by atoms with E-state index in [4.69, 9.17) is 0 Å². The average molecular weight is 270 g/mol. The summed E-state index contributed by atoms with van der Waals surface area (Å²) in [6, 6.07) is 10.4. The van der Waals surface area contributed by atoms with Crippen molar-refractivity contribution in [1.29, 1.82) is 0 Å². The molecule has 1 saturated carbocycles. The molecule has 2 unspecified atom stereocenters. The summed E-state index contributed by atoms with van der Waals surface area (Å²) < 4.78 is 0. The van der Waals surface area contributed by atoms with Crippen LogP contribution in [0.25, 0.3) is 0 Å². The Morgan fingerprint density at radius 1 is 1.30 bits per heavy atom. The van der Waals surface area contributed by atoms with Crippen LogP contribution in [-0.4, -0.2) is 31.1 Å². The highest BCUT2D eigenvalue weighted by molar-refractivity contribution is 5.41. The quantitative estimate of drug-likeness (QED) is 0.908. The van der Waals surface area contributed by atoms with Crippen LogP contribution in [0.3, 0.4) is 0 Å². The molecule has 1 heterocycles. The molecule has 20 heavy (non-hydrogen) atoms. The Morgan fingerprint density at radius 2 is 2.10 bits per heavy atom. The van der Waals surface area contributed by atoms with Crippen LogP contribution in [0.1, 0.15) is 49.8 Å². The maximum Gasteiger partial charge on any atom is 0.0481 e. The molecular formula is C18H26N2. The molecule has 0 radical (unpaired) electrons. The second kappa shape index (κ2) is 4.57. The van der Waals surface area contributed by atoms with Crippen LogP contribution in [-0.2, 0) is 5.41 Å². The second-order valence-electron chi connectivity index (χ2n) is 7.48. The zero-order valence-electron chi connectivity index (χ0n) is 12.7. The molecule has 1 aliphatic heterocycles. The van der Waals surface area contributed by atoms with Crippen LogP contribution in [0.5, 0.6) is 0 Å². The first-order chi connectivity index (χ1) is 9.67. The predicted octanol–water partition coefficient (Wildman–Crippen LogP) is 3.09. The van der Waals surface area contributed by atoms with Crippen molar-refractivity contribution < 1.29 is 0 Å². The third-order valence-electron chi connectivity index (χ3n) is 5.90. The Balaban J connectivity index is 1.71. The summed E-state index contributed by atoms with van der Waals surface area (Å²) >= 11 is 0. The lowest BCUT2D eigenvalue weighted by Crippen LogP contribution is -2.55. The third-order valence-corrected chi connectivity index (χ3v) is 5.90. The molecule has 2 fully saturated rings. The fraction of sp³-hybridized carbons (Fsp3) is 0.667. The van der Waals surface area contributed by atoms with E-state index in [2.05, 4.69) is 48.5 Å². The summed E-state index contributed by atoms with van der Waals surface area (Å²) in [6.07, 6.45) is 5.47. The van der Waals surface area contributed by atoms with Crippen LogP contribution in [0.4, 0.5) is 0 Å². The fourth-order valence-electron chi connectivity index (χ4n) is 4.31. The average Bonchev–Trinajstić information content (AvgIpc) is 3.27. The molecule has 2 nitrogen and oxygen atoms in total. The van der Waals surface area contributed by atoms with Crippen molar-refractivity contribution in [3.05, 3.63) is 35.4 Å². The first-order valence-electron chi connectivity index (χ1n) is 8.20. The monoisotopic (exact) mass is 270 g/mol. The lowest BCUT2D eigenvalue weighted by Gasteiger charge is -2.52. The number of likely N-dealkylation sites (N-methyl/N-ethyl adjacent to an activating group) is 1. The first kappa shape index (κ1) is 12.8. The lowest BCUT2D eigenvalue weighted by molar-refractivity contribution is 0.0800. The second-order valence-corrected chi connectivity index (χ2v) is 7.48. The van der Waals surface area contributed by atoms with Crippen LogP contribution < -0.4 is 5.32 Å². The maximum absolute atomic E-state index is 3.90. The first-order valence-corrected chi connectivity index (χ1v) is 8.20. The summed E-state index contributed by atoms with van der Waals surface area (Å²) in [5.74, 6) is 0.948. The van der Waals surface area contributed by atoms with Gasteiger partial charge < -0.3 is 10.2 Å². The molecule has 4 rings (SSSR count). The van der Waals surface area contributed by atoms with Crippen molar-refractivity contribution in [2.24, 2.45) is 5.92 Å². The van der Waals surface area contributed by atoms with Gasteiger partial charge in [0.15, 0.2) is 0 Å². The number of piperidine rings is 1. The summed E-state index contributed by atoms with van der Waals surface area (Å²) in [5.41, 5.74) is 3.57. The van der Waals surface area contributed by atoms with E-state index in [0.29, 0.717) is 17.5 Å². The minimum atomic E-state index is 0.394. The SMILES string of the molecule is CN1CCC2(C)CC1[C@@H](NCC1CC1)c1ccccc12. The van der Waals surface area contributed by atoms with E-state index in [9.17, 15) is 0 Å². The van der Waals surface area contributed by atoms with Gasteiger partial charge in [-0.1, -0.05) is 31.2 Å². The third kappa shape index (κ3) is 2.01. The molecule has 2 heteroatoms. The Kier molecular flexibility index (Phi) is 2.94. The number of rotatable bonds is 3. The normalized spacial score (nSPS) is 36.7. The molecular weight excluding hydrogens is 244 g/mol. The molecule has 1 aromatic carbocycles. The number of hydrogen-bond acceptors (Lipinski definition) is 2. The zero-order chi connectivity index (χ0) is 13.7. The van der Waals surface area contributed by atoms with Crippen molar-refractivity contribution in [1.82, 2.24) is 10.2 Å². The summed E-state index contributed by atoms with van der Waals surface area (Å²) in [6.45, 7) is 4.92. The van der Waals surface area contributed by atoms with Gasteiger partial charge in [-0.2, -0.15) is 0 Å². The minimum absolute atomic E-state index is 0.394. The van der Waals surface area contributed by atoms with Gasteiger partial charge in [0.2, 0.25) is 0 Å². The smallest absolute Gasteiger partial charge is 0.0481 e. The van der Waals surface area contributed by atoms with E-state index >= 15 is 0 Å². The molecule has 2 aliphatic carbocycles. The van der Waals surface area contributed by atoms with Gasteiger partial charge in [-0.15, -0.1) is 0 Å². The summed E-state index contributed by atoms with van der Waals surface area (Å²) in [5, 5.41) is 3.90. The van der Waals surface area contributed by atoms with Crippen molar-refractivity contribution in [3.63, 3.8) is 0 Å². The number of nitrogens with one attached hydrogen (secondary N) is 1. The molecule has 1 aromatic rings. The zero-order valence-corrected chi connectivity index (χ0v) is 12.7. The topological polar surface area (TPSA) is 15.3 Å². The fourth-order valence-corrected chi connectivity index (χ4v) is 4.31. The highest BCUT2D eigenvalue weighted by Gasteiger charge is 2.46. The minimum Gasteiger partial charge on any atom is -0.308 e. The summed E-state index contributed by atoms with van der Waals surface area (Å²) in [4.78, 5) is 2.59. The van der Waals surface area contributed by atoms with Gasteiger partial charge in [0.25, 0.3) is 0 Å². The number of fused-ring (bicyclic) bond motifs is 4. The molecule has 1 saturated heterocycles. The van der Waals surface area contributed by atoms with Gasteiger partial charge in [0, 0.05) is 12.1 Å². The van der Waals surface area contributed by atoms with E-state index in [1.54, 1.807) is 11.1 Å². The molecule has 3 aliphatic rings. The van der Waals surface area contributed by atoms with Crippen LogP contribution in [0, 0.1) is 5.92 Å². The van der Waals surface area contributed by atoms with Crippen molar-refractivity contribution in [2.45, 2.75) is 50.1 Å². The highest BCUT2D eigenvalue weighted by atomic mass is 15.2. The predicted molar refractivity (Wildman–Crippen MR) is 82.9 cm³/mol. The largest absolute Gasteiger partial charge is 0.308 e. The van der Waals surface area contributed by atoms with Gasteiger partial charge >= 0.3 is 0 Å². The van der Waals surface area contributed by atoms with E-state index in [1.807, 2.05) is 0 Å². The standard InChI is InChI=1S/C18H26N2/c1-18-9-10-20(2)16(11-18)17(19-12-13-7-8-13)14-5-3-4-6-15(14)18/h3-6,13,16-17,19H,7-12H2,1-2H3/t16?,17-,18?/m0/s1. The molecule has 3 atom stereocenters. The lowest BCUT2D eigenvalue weighted by atomic mass is 9.63. The number of hydrogen-bond donors (Lipinski definition) is 1. The Bertz CT molecular complexity index is 508. The van der Waals surface area contributed by atoms with Crippen molar-refractivity contribution in [2.75, 3.05) is 20.1 Å². The van der Waals surface area contributed by atoms with E-state index in [0.717, 1.165) is 5.92 Å². The van der Waals surface area contributed by atoms with Gasteiger partial charge in [-0.25, -0.2) is 0 Å². The molecule has 0 aromatic heterocycles.